The van der Waals surface area contributed by atoms with Gasteiger partial charge in [0.2, 0.25) is 0 Å². The number of nitriles is 1. The highest BCUT2D eigenvalue weighted by Gasteiger charge is 2.10. The van der Waals surface area contributed by atoms with Crippen LogP contribution in [0.3, 0.4) is 0 Å². The second kappa shape index (κ2) is 8.67. The van der Waals surface area contributed by atoms with E-state index in [1.807, 2.05) is 0 Å². The molecule has 7 nitrogen and oxygen atoms in total. The number of benzene rings is 2. The molecule has 7 heteroatoms. The van der Waals surface area contributed by atoms with Crippen molar-refractivity contribution in [2.45, 2.75) is 6.92 Å². The molecule has 0 bridgehead atoms. The number of nitro groups is 1. The third-order valence-electron chi connectivity index (χ3n) is 4.10. The van der Waals surface area contributed by atoms with Crippen LogP contribution in [0.4, 0.5) is 5.69 Å². The normalized spacial score (nSPS) is 11.0. The summed E-state index contributed by atoms with van der Waals surface area (Å²) in [5.74, 6) is 0.654. The molecule has 2 aromatic carbocycles. The lowest BCUT2D eigenvalue weighted by atomic mass is 10.1. The minimum absolute atomic E-state index is 0.0439. The van der Waals surface area contributed by atoms with Gasteiger partial charge >= 0.3 is 5.97 Å². The third kappa shape index (κ3) is 4.57. The fourth-order valence-corrected chi connectivity index (χ4v) is 2.66. The van der Waals surface area contributed by atoms with E-state index in [1.54, 1.807) is 49.4 Å². The molecule has 144 valence electrons. The molecule has 3 aromatic rings. The first kappa shape index (κ1) is 19.6. The molecular weight excluding hydrogens is 372 g/mol. The van der Waals surface area contributed by atoms with Crippen molar-refractivity contribution in [3.05, 3.63) is 87.7 Å². The molecule has 29 heavy (non-hydrogen) atoms. The molecule has 0 saturated heterocycles. The number of allylic oxidation sites excluding steroid dienone is 1. The zero-order chi connectivity index (χ0) is 20.8. The van der Waals surface area contributed by atoms with Crippen LogP contribution in [0, 0.1) is 21.4 Å². The Balaban J connectivity index is 1.82. The van der Waals surface area contributed by atoms with Gasteiger partial charge in [0.15, 0.2) is 0 Å². The van der Waals surface area contributed by atoms with E-state index in [0.29, 0.717) is 34.8 Å². The summed E-state index contributed by atoms with van der Waals surface area (Å²) >= 11 is 0. The number of carbonyl (C=O) groups is 1. The lowest BCUT2D eigenvalue weighted by molar-refractivity contribution is -0.384. The number of nitro benzene ring substituents is 1. The van der Waals surface area contributed by atoms with Crippen molar-refractivity contribution >= 4 is 23.3 Å². The van der Waals surface area contributed by atoms with Gasteiger partial charge in [0.25, 0.3) is 5.69 Å². The molecule has 0 N–H and O–H groups in total. The summed E-state index contributed by atoms with van der Waals surface area (Å²) in [5, 5.41) is 20.2. The van der Waals surface area contributed by atoms with Crippen LogP contribution >= 0.6 is 0 Å². The summed E-state index contributed by atoms with van der Waals surface area (Å²) in [6.07, 6.45) is 1.57. The van der Waals surface area contributed by atoms with Crippen molar-refractivity contribution in [3.8, 4) is 17.4 Å². The Labute approximate surface area is 166 Å². The van der Waals surface area contributed by atoms with Crippen molar-refractivity contribution in [2.75, 3.05) is 6.61 Å². The van der Waals surface area contributed by atoms with E-state index in [0.717, 1.165) is 5.56 Å². The van der Waals surface area contributed by atoms with Crippen LogP contribution in [0.5, 0.6) is 0 Å². The predicted molar refractivity (Wildman–Crippen MR) is 107 cm³/mol. The first-order valence-corrected chi connectivity index (χ1v) is 8.76. The van der Waals surface area contributed by atoms with Gasteiger partial charge in [0, 0.05) is 17.7 Å². The maximum absolute atomic E-state index is 11.7. The maximum atomic E-state index is 11.7. The largest absolute Gasteiger partial charge is 0.462 e. The van der Waals surface area contributed by atoms with E-state index in [9.17, 15) is 20.2 Å². The smallest absolute Gasteiger partial charge is 0.338 e. The molecule has 1 heterocycles. The number of furan rings is 1. The van der Waals surface area contributed by atoms with Gasteiger partial charge in [-0.15, -0.1) is 0 Å². The van der Waals surface area contributed by atoms with Crippen molar-refractivity contribution in [2.24, 2.45) is 0 Å². The van der Waals surface area contributed by atoms with E-state index in [1.165, 1.54) is 24.3 Å². The van der Waals surface area contributed by atoms with E-state index in [-0.39, 0.29) is 11.7 Å². The standard InChI is InChI=1S/C22H16N2O5/c1-2-28-22(25)17-5-3-16(4-6-17)21-12-11-20(29-21)13-18(14-23)15-7-9-19(10-8-15)24(26)27/h3-13H,2H2,1H3/b18-13+. The monoisotopic (exact) mass is 388 g/mol. The number of nitrogens with zero attached hydrogens (tertiary/aromatic N) is 2. The topological polar surface area (TPSA) is 106 Å². The third-order valence-corrected chi connectivity index (χ3v) is 4.10. The minimum Gasteiger partial charge on any atom is -0.462 e. The van der Waals surface area contributed by atoms with Gasteiger partial charge < -0.3 is 9.15 Å². The van der Waals surface area contributed by atoms with Gasteiger partial charge in [-0.3, -0.25) is 10.1 Å². The van der Waals surface area contributed by atoms with Crippen molar-refractivity contribution < 1.29 is 18.9 Å². The van der Waals surface area contributed by atoms with Gasteiger partial charge in [-0.05, 0) is 55.0 Å². The molecule has 0 saturated carbocycles. The summed E-state index contributed by atoms with van der Waals surface area (Å²) < 4.78 is 10.7. The average molecular weight is 388 g/mol. The molecule has 0 aliphatic rings. The first-order chi connectivity index (χ1) is 14.0. The van der Waals surface area contributed by atoms with Crippen LogP contribution in [-0.2, 0) is 4.74 Å². The molecule has 0 radical (unpaired) electrons. The number of rotatable bonds is 6. The highest BCUT2D eigenvalue weighted by atomic mass is 16.6. The number of non-ortho nitro benzene ring substituents is 1. The molecular formula is C22H16N2O5. The Morgan fingerprint density at radius 2 is 1.76 bits per heavy atom. The minimum atomic E-state index is -0.494. The Kier molecular flexibility index (Phi) is 5.85. The average Bonchev–Trinajstić information content (AvgIpc) is 3.21. The molecule has 1 aromatic heterocycles. The highest BCUT2D eigenvalue weighted by molar-refractivity contribution is 5.90. The van der Waals surface area contributed by atoms with E-state index in [4.69, 9.17) is 9.15 Å². The predicted octanol–water partition coefficient (Wildman–Crippen LogP) is 5.10. The number of hydrogen-bond donors (Lipinski definition) is 0. The van der Waals surface area contributed by atoms with Crippen LogP contribution in [-0.4, -0.2) is 17.5 Å². The number of carbonyl (C=O) groups excluding carboxylic acids is 1. The van der Waals surface area contributed by atoms with Crippen LogP contribution < -0.4 is 0 Å². The molecule has 0 aliphatic carbocycles. The quantitative estimate of drug-likeness (QED) is 0.252. The van der Waals surface area contributed by atoms with E-state index < -0.39 is 4.92 Å². The summed E-state index contributed by atoms with van der Waals surface area (Å²) in [6, 6.07) is 18.1. The van der Waals surface area contributed by atoms with E-state index >= 15 is 0 Å². The van der Waals surface area contributed by atoms with Gasteiger partial charge in [-0.1, -0.05) is 12.1 Å². The molecule has 0 aliphatic heterocycles. The summed E-state index contributed by atoms with van der Waals surface area (Å²) in [4.78, 5) is 22.0. The summed E-state index contributed by atoms with van der Waals surface area (Å²) in [6.45, 7) is 2.06. The SMILES string of the molecule is CCOC(=O)c1ccc(-c2ccc(/C=C(\C#N)c3ccc([N+](=O)[O-])cc3)o2)cc1. The Morgan fingerprint density at radius 1 is 1.10 bits per heavy atom. The van der Waals surface area contributed by atoms with Gasteiger partial charge in [0.05, 0.1) is 28.7 Å². The van der Waals surface area contributed by atoms with Crippen molar-refractivity contribution in [1.29, 1.82) is 5.26 Å². The molecule has 0 amide bonds. The number of esters is 1. The summed E-state index contributed by atoms with van der Waals surface area (Å²) in [7, 11) is 0. The second-order valence-corrected chi connectivity index (χ2v) is 5.97. The fraction of sp³-hybridized carbons (Fsp3) is 0.0909. The molecule has 0 unspecified atom stereocenters. The second-order valence-electron chi connectivity index (χ2n) is 5.97. The zero-order valence-electron chi connectivity index (χ0n) is 15.5. The molecule has 0 fully saturated rings. The van der Waals surface area contributed by atoms with Crippen LogP contribution in [0.25, 0.3) is 23.0 Å². The Hall–Kier alpha value is -4.18. The first-order valence-electron chi connectivity index (χ1n) is 8.76. The van der Waals surface area contributed by atoms with Gasteiger partial charge in [-0.2, -0.15) is 5.26 Å². The molecule has 3 rings (SSSR count). The number of hydrogen-bond acceptors (Lipinski definition) is 6. The highest BCUT2D eigenvalue weighted by Crippen LogP contribution is 2.26. The zero-order valence-corrected chi connectivity index (χ0v) is 15.5. The Morgan fingerprint density at radius 3 is 2.34 bits per heavy atom. The molecule has 0 atom stereocenters. The van der Waals surface area contributed by atoms with Crippen molar-refractivity contribution in [3.63, 3.8) is 0 Å². The lowest BCUT2D eigenvalue weighted by Crippen LogP contribution is -2.03. The Bertz CT molecular complexity index is 1100. The fourth-order valence-electron chi connectivity index (χ4n) is 2.66. The van der Waals surface area contributed by atoms with Gasteiger partial charge in [-0.25, -0.2) is 4.79 Å². The van der Waals surface area contributed by atoms with Gasteiger partial charge in [0.1, 0.15) is 11.5 Å². The number of ether oxygens (including phenoxy) is 1. The summed E-state index contributed by atoms with van der Waals surface area (Å²) in [5.41, 5.74) is 2.05. The van der Waals surface area contributed by atoms with Crippen LogP contribution in [0.15, 0.2) is 65.1 Å². The van der Waals surface area contributed by atoms with E-state index in [2.05, 4.69) is 6.07 Å². The van der Waals surface area contributed by atoms with Crippen molar-refractivity contribution in [1.82, 2.24) is 0 Å². The lowest BCUT2D eigenvalue weighted by Gasteiger charge is -2.02. The van der Waals surface area contributed by atoms with Crippen LogP contribution in [0.1, 0.15) is 28.6 Å². The maximum Gasteiger partial charge on any atom is 0.338 e. The molecule has 0 spiro atoms. The van der Waals surface area contributed by atoms with Crippen LogP contribution in [0.2, 0.25) is 0 Å².